The largest absolute Gasteiger partial charge is 0.476 e. The fraction of sp³-hybridized carbons (Fsp3) is 0.163. The monoisotopic (exact) mass is 950 g/mol. The van der Waals surface area contributed by atoms with Gasteiger partial charge < -0.3 is 26.0 Å². The molecule has 63 heavy (non-hydrogen) atoms. The summed E-state index contributed by atoms with van der Waals surface area (Å²) in [7, 11) is 0. The predicted octanol–water partition coefficient (Wildman–Crippen LogP) is 10.9. The maximum atomic E-state index is 13.4. The minimum Gasteiger partial charge on any atom is -0.476 e. The van der Waals surface area contributed by atoms with Gasteiger partial charge in [0.15, 0.2) is 17.6 Å². The number of hydrogen-bond donors (Lipinski definition) is 4. The van der Waals surface area contributed by atoms with Crippen LogP contribution in [-0.2, 0) is 30.9 Å². The molecule has 4 amide bonds. The van der Waals surface area contributed by atoms with Crippen molar-refractivity contribution in [3.63, 3.8) is 0 Å². The molecule has 5 aromatic carbocycles. The highest BCUT2D eigenvalue weighted by molar-refractivity contribution is 6.33. The van der Waals surface area contributed by atoms with Gasteiger partial charge in [0.1, 0.15) is 17.1 Å². The third kappa shape index (κ3) is 12.9. The second-order valence-electron chi connectivity index (χ2n) is 13.2. The van der Waals surface area contributed by atoms with Crippen molar-refractivity contribution >= 4 is 127 Å². The molecule has 2 atom stereocenters. The first-order valence-corrected chi connectivity index (χ1v) is 20.9. The molecule has 0 spiro atoms. The van der Waals surface area contributed by atoms with Crippen LogP contribution in [0.1, 0.15) is 45.7 Å². The summed E-state index contributed by atoms with van der Waals surface area (Å²) in [6.45, 7) is 2.27. The van der Waals surface area contributed by atoms with E-state index < -0.39 is 53.3 Å². The Kier molecular flexibility index (Phi) is 17.3. The number of amides is 4. The average molecular weight is 953 g/mol. The minimum atomic E-state index is -1.67. The maximum absolute atomic E-state index is 13.4. The standard InChI is InChI=1S/C43H35Cl5N8O7/c1-23(57)38(55-53-35-17-25(11-14-30(35)47)40(59)50-32-9-5-3-7-27(32)20-44)42(61)49-29-13-16-34(37(19-29)63-22-46)52-43(62)39(24(2)58)56-54-36-18-26(12-15-31(36)48)41(60)51-33-10-6-4-8-28(33)21-45/h3-19,38-39H,20-22H2,1-2H3,(H,49,61)(H,50,59)(H,51,60)(H,52,62). The zero-order chi connectivity index (χ0) is 45.6. The van der Waals surface area contributed by atoms with Crippen molar-refractivity contribution in [3.05, 3.63) is 135 Å². The Bertz CT molecular complexity index is 2630. The third-order valence-corrected chi connectivity index (χ3v) is 10.1. The molecule has 20 heteroatoms. The number of benzene rings is 5. The Hall–Kier alpha value is -6.23. The highest BCUT2D eigenvalue weighted by atomic mass is 35.5. The maximum Gasteiger partial charge on any atom is 0.258 e. The molecule has 0 aliphatic heterocycles. The summed E-state index contributed by atoms with van der Waals surface area (Å²) < 4.78 is 5.48. The van der Waals surface area contributed by atoms with Crippen LogP contribution in [0.15, 0.2) is 124 Å². The van der Waals surface area contributed by atoms with Crippen molar-refractivity contribution in [2.24, 2.45) is 20.5 Å². The van der Waals surface area contributed by atoms with Gasteiger partial charge in [0.05, 0.1) is 15.7 Å². The van der Waals surface area contributed by atoms with Crippen LogP contribution >= 0.6 is 58.0 Å². The Morgan fingerprint density at radius 1 is 0.556 bits per heavy atom. The molecule has 0 aromatic heterocycles. The molecular weight excluding hydrogens is 918 g/mol. The molecule has 0 heterocycles. The van der Waals surface area contributed by atoms with Gasteiger partial charge >= 0.3 is 0 Å². The van der Waals surface area contributed by atoms with E-state index in [1.807, 2.05) is 0 Å². The minimum absolute atomic E-state index is 0.00741. The van der Waals surface area contributed by atoms with Crippen LogP contribution in [0.25, 0.3) is 0 Å². The van der Waals surface area contributed by atoms with Crippen molar-refractivity contribution in [1.82, 2.24) is 0 Å². The van der Waals surface area contributed by atoms with E-state index in [0.717, 1.165) is 13.8 Å². The molecular formula is C43H35Cl5N8O7. The zero-order valence-electron chi connectivity index (χ0n) is 33.1. The lowest BCUT2D eigenvalue weighted by Crippen LogP contribution is -2.32. The molecule has 0 saturated heterocycles. The van der Waals surface area contributed by atoms with Gasteiger partial charge in [-0.3, -0.25) is 28.8 Å². The first kappa shape index (κ1) is 47.8. The highest BCUT2D eigenvalue weighted by Crippen LogP contribution is 2.32. The van der Waals surface area contributed by atoms with Gasteiger partial charge in [0, 0.05) is 46.0 Å². The zero-order valence-corrected chi connectivity index (χ0v) is 36.9. The molecule has 0 bridgehead atoms. The molecule has 0 aliphatic rings. The Morgan fingerprint density at radius 3 is 1.46 bits per heavy atom. The number of hydrogen-bond acceptors (Lipinski definition) is 11. The first-order valence-electron chi connectivity index (χ1n) is 18.5. The SMILES string of the molecule is CC(=O)C(N=Nc1cc(C(=O)Nc2ccccc2CCl)ccc1Cl)C(=O)Nc1ccc(NC(=O)C(N=Nc2cc(C(=O)Nc3ccccc3CCl)ccc2Cl)C(C)=O)c(OCCl)c1. The number of ketones is 2. The van der Waals surface area contributed by atoms with E-state index in [0.29, 0.717) is 22.5 Å². The quantitative estimate of drug-likeness (QED) is 0.0379. The number of anilines is 4. The molecule has 5 rings (SSSR count). The van der Waals surface area contributed by atoms with Crippen LogP contribution in [0.2, 0.25) is 10.0 Å². The lowest BCUT2D eigenvalue weighted by Gasteiger charge is -2.15. The van der Waals surface area contributed by atoms with Crippen LogP contribution in [0.4, 0.5) is 34.1 Å². The number of alkyl halides is 3. The normalized spacial score (nSPS) is 12.0. The van der Waals surface area contributed by atoms with E-state index in [1.165, 1.54) is 54.6 Å². The Morgan fingerprint density at radius 2 is 1.02 bits per heavy atom. The van der Waals surface area contributed by atoms with E-state index >= 15 is 0 Å². The molecule has 15 nitrogen and oxygen atoms in total. The van der Waals surface area contributed by atoms with Crippen molar-refractivity contribution in [2.45, 2.75) is 37.7 Å². The molecule has 4 N–H and O–H groups in total. The van der Waals surface area contributed by atoms with Gasteiger partial charge in [-0.25, -0.2) is 0 Å². The van der Waals surface area contributed by atoms with Crippen molar-refractivity contribution in [1.29, 1.82) is 0 Å². The third-order valence-electron chi connectivity index (χ3n) is 8.78. The van der Waals surface area contributed by atoms with E-state index in [9.17, 15) is 28.8 Å². The van der Waals surface area contributed by atoms with Crippen LogP contribution < -0.4 is 26.0 Å². The molecule has 0 saturated carbocycles. The van der Waals surface area contributed by atoms with E-state index in [-0.39, 0.29) is 61.4 Å². The van der Waals surface area contributed by atoms with E-state index in [1.54, 1.807) is 48.5 Å². The summed E-state index contributed by atoms with van der Waals surface area (Å²) in [6, 6.07) is 22.8. The van der Waals surface area contributed by atoms with Gasteiger partial charge in [-0.2, -0.15) is 20.5 Å². The number of halogens is 5. The van der Waals surface area contributed by atoms with Crippen LogP contribution in [0, 0.1) is 0 Å². The summed E-state index contributed by atoms with van der Waals surface area (Å²) >= 11 is 30.5. The molecule has 0 radical (unpaired) electrons. The van der Waals surface area contributed by atoms with E-state index in [2.05, 4.69) is 41.7 Å². The molecule has 324 valence electrons. The van der Waals surface area contributed by atoms with Gasteiger partial charge in [-0.05, 0) is 85.6 Å². The van der Waals surface area contributed by atoms with Gasteiger partial charge in [0.25, 0.3) is 23.6 Å². The first-order chi connectivity index (χ1) is 30.2. The number of carbonyl (C=O) groups is 6. The van der Waals surface area contributed by atoms with Crippen molar-refractivity contribution in [2.75, 3.05) is 27.3 Å². The number of nitrogens with one attached hydrogen (secondary N) is 4. The van der Waals surface area contributed by atoms with Crippen molar-refractivity contribution < 1.29 is 33.5 Å². The lowest BCUT2D eigenvalue weighted by atomic mass is 10.1. The number of azo groups is 2. The second kappa shape index (κ2) is 22.7. The van der Waals surface area contributed by atoms with Crippen LogP contribution in [0.3, 0.4) is 0 Å². The lowest BCUT2D eigenvalue weighted by molar-refractivity contribution is -0.127. The number of Topliss-reactive ketones (excluding diaryl/α,β-unsaturated/α-hetero) is 2. The van der Waals surface area contributed by atoms with Crippen LogP contribution in [0.5, 0.6) is 5.75 Å². The number of nitrogens with zero attached hydrogens (tertiary/aromatic N) is 4. The fourth-order valence-electron chi connectivity index (χ4n) is 5.54. The molecule has 2 unspecified atom stereocenters. The summed E-state index contributed by atoms with van der Waals surface area (Å²) in [5.41, 5.74) is 2.92. The van der Waals surface area contributed by atoms with E-state index in [4.69, 9.17) is 62.7 Å². The van der Waals surface area contributed by atoms with Gasteiger partial charge in [0.2, 0.25) is 12.1 Å². The summed E-state index contributed by atoms with van der Waals surface area (Å²) in [6.07, 6.45) is 0. The summed E-state index contributed by atoms with van der Waals surface area (Å²) in [4.78, 5) is 78.1. The number of para-hydroxylation sites is 2. The van der Waals surface area contributed by atoms with Gasteiger partial charge in [-0.1, -0.05) is 71.2 Å². The number of ether oxygens (including phenoxy) is 1. The number of rotatable bonds is 18. The summed E-state index contributed by atoms with van der Waals surface area (Å²) in [5, 5.41) is 26.7. The molecule has 0 fully saturated rings. The second-order valence-corrected chi connectivity index (χ2v) is 14.8. The predicted molar refractivity (Wildman–Crippen MR) is 244 cm³/mol. The summed E-state index contributed by atoms with van der Waals surface area (Å²) in [5.74, 6) is -3.83. The topological polar surface area (TPSA) is 209 Å². The fourth-order valence-corrected chi connectivity index (χ4v) is 6.43. The Balaban J connectivity index is 1.28. The van der Waals surface area contributed by atoms with Gasteiger partial charge in [-0.15, -0.1) is 23.2 Å². The molecule has 5 aromatic rings. The average Bonchev–Trinajstić information content (AvgIpc) is 3.26. The smallest absolute Gasteiger partial charge is 0.258 e. The number of carbonyl (C=O) groups excluding carboxylic acids is 6. The van der Waals surface area contributed by atoms with Crippen LogP contribution in [-0.4, -0.2) is 53.3 Å². The van der Waals surface area contributed by atoms with Crippen molar-refractivity contribution in [3.8, 4) is 5.75 Å². The highest BCUT2D eigenvalue weighted by Gasteiger charge is 2.27. The Labute approximate surface area is 385 Å². The molecule has 0 aliphatic carbocycles.